The number of esters is 1. The fraction of sp³-hybridized carbons (Fsp3) is 0.588. The van der Waals surface area contributed by atoms with Gasteiger partial charge in [0.15, 0.2) is 5.54 Å². The van der Waals surface area contributed by atoms with E-state index < -0.39 is 11.1 Å². The van der Waals surface area contributed by atoms with E-state index in [-0.39, 0.29) is 5.97 Å². The van der Waals surface area contributed by atoms with E-state index in [1.165, 1.54) is 5.56 Å². The molecule has 0 amide bonds. The predicted molar refractivity (Wildman–Crippen MR) is 80.1 cm³/mol. The minimum atomic E-state index is -0.427. The van der Waals surface area contributed by atoms with Crippen molar-refractivity contribution in [3.63, 3.8) is 0 Å². The molecule has 1 aliphatic heterocycles. The Hall–Kier alpha value is -1.35. The van der Waals surface area contributed by atoms with Gasteiger partial charge in [-0.15, -0.1) is 0 Å². The summed E-state index contributed by atoms with van der Waals surface area (Å²) >= 11 is 0. The lowest BCUT2D eigenvalue weighted by Gasteiger charge is -2.56. The molecule has 2 unspecified atom stereocenters. The molecule has 0 bridgehead atoms. The Bertz CT molecular complexity index is 491. The average molecular weight is 276 g/mol. The van der Waals surface area contributed by atoms with Gasteiger partial charge in [-0.2, -0.15) is 0 Å². The Morgan fingerprint density at radius 2 is 1.90 bits per heavy atom. The topological polar surface area (TPSA) is 26.3 Å². The van der Waals surface area contributed by atoms with Crippen molar-refractivity contribution >= 4 is 5.97 Å². The minimum Gasteiger partial charge on any atom is -0.455 e. The van der Waals surface area contributed by atoms with Gasteiger partial charge in [0, 0.05) is 12.5 Å². The smallest absolute Gasteiger partial charge is 0.368 e. The second-order valence-corrected chi connectivity index (χ2v) is 7.29. The number of benzene rings is 1. The molecule has 0 N–H and O–H groups in total. The number of carbonyl (C=O) groups excluding carboxylic acids is 1. The predicted octanol–water partition coefficient (Wildman–Crippen LogP) is 3.14. The Morgan fingerprint density at radius 1 is 1.30 bits per heavy atom. The summed E-state index contributed by atoms with van der Waals surface area (Å²) in [5.41, 5.74) is 0.417. The van der Waals surface area contributed by atoms with E-state index in [1.54, 1.807) is 0 Å². The lowest BCUT2D eigenvalue weighted by atomic mass is 9.82. The van der Waals surface area contributed by atoms with Gasteiger partial charge in [0.1, 0.15) is 12.1 Å². The summed E-state index contributed by atoms with van der Waals surface area (Å²) in [7, 11) is 2.15. The van der Waals surface area contributed by atoms with Crippen LogP contribution in [-0.4, -0.2) is 35.2 Å². The lowest BCUT2D eigenvalue weighted by molar-refractivity contribution is -1.000. The molecule has 3 heteroatoms. The largest absolute Gasteiger partial charge is 0.455 e. The highest BCUT2D eigenvalue weighted by atomic mass is 16.6. The van der Waals surface area contributed by atoms with Crippen molar-refractivity contribution in [3.05, 3.63) is 35.9 Å². The first-order chi connectivity index (χ1) is 9.16. The van der Waals surface area contributed by atoms with Crippen LogP contribution in [0.15, 0.2) is 30.3 Å². The first kappa shape index (κ1) is 15.0. The van der Waals surface area contributed by atoms with Crippen LogP contribution in [0.1, 0.15) is 39.7 Å². The molecule has 0 aromatic heterocycles. The number of quaternary nitrogens is 1. The zero-order valence-corrected chi connectivity index (χ0v) is 13.3. The summed E-state index contributed by atoms with van der Waals surface area (Å²) < 4.78 is 6.35. The first-order valence-corrected chi connectivity index (χ1v) is 7.28. The second-order valence-electron chi connectivity index (χ2n) is 7.29. The molecule has 0 aliphatic carbocycles. The van der Waals surface area contributed by atoms with Gasteiger partial charge in [0.05, 0.1) is 20.0 Å². The third kappa shape index (κ3) is 2.73. The molecule has 3 nitrogen and oxygen atoms in total. The number of ether oxygens (including phenoxy) is 1. The summed E-state index contributed by atoms with van der Waals surface area (Å²) in [6.45, 7) is 9.70. The second kappa shape index (κ2) is 4.88. The fourth-order valence-corrected chi connectivity index (χ4v) is 2.78. The quantitative estimate of drug-likeness (QED) is 0.626. The molecule has 1 aliphatic rings. The van der Waals surface area contributed by atoms with E-state index in [4.69, 9.17) is 4.74 Å². The minimum absolute atomic E-state index is 0.0744. The first-order valence-electron chi connectivity index (χ1n) is 7.28. The number of likely N-dealkylation sites (N-methyl/N-ethyl adjacent to an activating group) is 1. The summed E-state index contributed by atoms with van der Waals surface area (Å²) in [6.07, 6.45) is 0.894. The Kier molecular flexibility index (Phi) is 3.67. The molecule has 1 heterocycles. The molecule has 0 radical (unpaired) electrons. The van der Waals surface area contributed by atoms with E-state index in [0.717, 1.165) is 24.0 Å². The van der Waals surface area contributed by atoms with Crippen molar-refractivity contribution in [3.8, 4) is 0 Å². The van der Waals surface area contributed by atoms with Crippen LogP contribution in [0.3, 0.4) is 0 Å². The van der Waals surface area contributed by atoms with Crippen molar-refractivity contribution in [1.29, 1.82) is 0 Å². The Balaban J connectivity index is 2.14. The highest BCUT2D eigenvalue weighted by Gasteiger charge is 2.60. The third-order valence-electron chi connectivity index (χ3n) is 4.50. The maximum atomic E-state index is 12.5. The fourth-order valence-electron chi connectivity index (χ4n) is 2.78. The Labute approximate surface area is 122 Å². The van der Waals surface area contributed by atoms with Gasteiger partial charge < -0.3 is 9.22 Å². The molecule has 20 heavy (non-hydrogen) atoms. The number of carbonyl (C=O) groups is 1. The van der Waals surface area contributed by atoms with Crippen LogP contribution in [-0.2, 0) is 16.1 Å². The molecule has 1 aromatic carbocycles. The van der Waals surface area contributed by atoms with E-state index in [1.807, 2.05) is 45.9 Å². The highest BCUT2D eigenvalue weighted by molar-refractivity contribution is 5.80. The highest BCUT2D eigenvalue weighted by Crippen LogP contribution is 2.41. The normalized spacial score (nSPS) is 29.6. The van der Waals surface area contributed by atoms with Gasteiger partial charge in [-0.05, 0) is 20.8 Å². The van der Waals surface area contributed by atoms with Gasteiger partial charge in [0.2, 0.25) is 0 Å². The van der Waals surface area contributed by atoms with Crippen molar-refractivity contribution in [2.45, 2.75) is 51.8 Å². The van der Waals surface area contributed by atoms with Crippen LogP contribution >= 0.6 is 0 Å². The standard InChI is InChI=1S/C17H26NO2/c1-16(2,3)20-15(19)17(4)11-12-18(17,5)13-14-9-7-6-8-10-14/h6-10H,11-13H2,1-5H3/q+1. The summed E-state index contributed by atoms with van der Waals surface area (Å²) in [5, 5.41) is 0. The number of hydrogen-bond donors (Lipinski definition) is 0. The van der Waals surface area contributed by atoms with E-state index >= 15 is 0 Å². The zero-order valence-electron chi connectivity index (χ0n) is 13.3. The molecule has 1 aromatic rings. The molecular weight excluding hydrogens is 250 g/mol. The molecular formula is C17H26NO2+. The van der Waals surface area contributed by atoms with Gasteiger partial charge in [0.25, 0.3) is 0 Å². The van der Waals surface area contributed by atoms with Crippen LogP contribution in [0, 0.1) is 0 Å². The molecule has 2 atom stereocenters. The van der Waals surface area contributed by atoms with Gasteiger partial charge in [-0.1, -0.05) is 30.3 Å². The number of hydrogen-bond acceptors (Lipinski definition) is 2. The number of likely N-dealkylation sites (tertiary alicyclic amines) is 1. The summed E-state index contributed by atoms with van der Waals surface area (Å²) in [5.74, 6) is -0.0744. The summed E-state index contributed by atoms with van der Waals surface area (Å²) in [4.78, 5) is 12.5. The maximum absolute atomic E-state index is 12.5. The summed E-state index contributed by atoms with van der Waals surface area (Å²) in [6, 6.07) is 10.4. The number of nitrogens with zero attached hydrogens (tertiary/aromatic N) is 1. The van der Waals surface area contributed by atoms with E-state index in [9.17, 15) is 4.79 Å². The van der Waals surface area contributed by atoms with Crippen molar-refractivity contribution in [2.75, 3.05) is 13.6 Å². The maximum Gasteiger partial charge on any atom is 0.368 e. The Morgan fingerprint density at radius 3 is 2.35 bits per heavy atom. The number of rotatable bonds is 3. The van der Waals surface area contributed by atoms with Crippen molar-refractivity contribution in [2.24, 2.45) is 0 Å². The molecule has 1 fully saturated rings. The van der Waals surface area contributed by atoms with Gasteiger partial charge >= 0.3 is 5.97 Å². The van der Waals surface area contributed by atoms with E-state index in [2.05, 4.69) is 19.2 Å². The average Bonchev–Trinajstić information content (AvgIpc) is 2.35. The van der Waals surface area contributed by atoms with Crippen LogP contribution < -0.4 is 0 Å². The van der Waals surface area contributed by atoms with Gasteiger partial charge in [-0.25, -0.2) is 4.79 Å². The SMILES string of the molecule is CC(C)(C)OC(=O)C1(C)CC[N+]1(C)Cc1ccccc1. The van der Waals surface area contributed by atoms with Gasteiger partial charge in [-0.3, -0.25) is 0 Å². The molecule has 110 valence electrons. The van der Waals surface area contributed by atoms with Crippen LogP contribution in [0.4, 0.5) is 0 Å². The third-order valence-corrected chi connectivity index (χ3v) is 4.50. The van der Waals surface area contributed by atoms with Crippen molar-refractivity contribution in [1.82, 2.24) is 0 Å². The van der Waals surface area contributed by atoms with Crippen LogP contribution in [0.5, 0.6) is 0 Å². The molecule has 0 saturated carbocycles. The molecule has 0 spiro atoms. The van der Waals surface area contributed by atoms with E-state index in [0.29, 0.717) is 0 Å². The lowest BCUT2D eigenvalue weighted by Crippen LogP contribution is -2.74. The molecule has 1 saturated heterocycles. The molecule has 2 rings (SSSR count). The van der Waals surface area contributed by atoms with Crippen molar-refractivity contribution < 1.29 is 14.0 Å². The van der Waals surface area contributed by atoms with Crippen LogP contribution in [0.25, 0.3) is 0 Å². The zero-order chi connectivity index (χ0) is 15.0. The van der Waals surface area contributed by atoms with Crippen LogP contribution in [0.2, 0.25) is 0 Å². The monoisotopic (exact) mass is 276 g/mol.